The summed E-state index contributed by atoms with van der Waals surface area (Å²) in [4.78, 5) is 12.5. The van der Waals surface area contributed by atoms with Gasteiger partial charge in [-0.05, 0) is 63.3 Å². The largest absolute Gasteiger partial charge is 0.338 e. The Hall–Kier alpha value is -2.38. The van der Waals surface area contributed by atoms with E-state index in [1.54, 1.807) is 10.4 Å². The molecule has 0 radical (unpaired) electrons. The van der Waals surface area contributed by atoms with Crippen LogP contribution in [0.15, 0.2) is 47.4 Å². The number of piperidine rings is 1. The molecule has 2 amide bonds. The quantitative estimate of drug-likeness (QED) is 0.779. The molecule has 7 heteroatoms. The molecule has 1 heterocycles. The number of hydrogen-bond donors (Lipinski definition) is 2. The maximum absolute atomic E-state index is 13.1. The van der Waals surface area contributed by atoms with E-state index in [0.29, 0.717) is 24.5 Å². The second kappa shape index (κ2) is 8.97. The average Bonchev–Trinajstić information content (AvgIpc) is 2.68. The number of aryl methyl sites for hydroxylation is 3. The summed E-state index contributed by atoms with van der Waals surface area (Å²) in [7, 11) is -3.53. The number of rotatable bonds is 5. The van der Waals surface area contributed by atoms with E-state index in [-0.39, 0.29) is 11.9 Å². The van der Waals surface area contributed by atoms with Crippen molar-refractivity contribution in [1.29, 1.82) is 0 Å². The van der Waals surface area contributed by atoms with Gasteiger partial charge < -0.3 is 10.6 Å². The Labute approximate surface area is 173 Å². The van der Waals surface area contributed by atoms with Crippen molar-refractivity contribution in [2.45, 2.75) is 38.5 Å². The molecule has 1 atom stereocenters. The number of hydrogen-bond acceptors (Lipinski definition) is 3. The topological polar surface area (TPSA) is 78.5 Å². The fraction of sp³-hybridized carbons (Fsp3) is 0.409. The molecule has 1 unspecified atom stereocenters. The van der Waals surface area contributed by atoms with Crippen LogP contribution in [0.4, 0.5) is 10.5 Å². The monoisotopic (exact) mass is 415 g/mol. The lowest BCUT2D eigenvalue weighted by atomic mass is 10.00. The maximum atomic E-state index is 13.1. The van der Waals surface area contributed by atoms with E-state index < -0.39 is 10.0 Å². The second-order valence-electron chi connectivity index (χ2n) is 7.84. The van der Waals surface area contributed by atoms with Gasteiger partial charge in [-0.15, -0.1) is 0 Å². The summed E-state index contributed by atoms with van der Waals surface area (Å²) in [5.41, 5.74) is 3.67. The number of carbonyl (C=O) groups excluding carboxylic acids is 1. The number of urea groups is 1. The van der Waals surface area contributed by atoms with Crippen LogP contribution in [0, 0.1) is 26.7 Å². The highest BCUT2D eigenvalue weighted by molar-refractivity contribution is 7.89. The fourth-order valence-corrected chi connectivity index (χ4v) is 5.45. The smallest absolute Gasteiger partial charge is 0.319 e. The Bertz CT molecular complexity index is 971. The summed E-state index contributed by atoms with van der Waals surface area (Å²) in [6, 6.07) is 12.7. The lowest BCUT2D eigenvalue weighted by molar-refractivity contribution is 0.238. The van der Waals surface area contributed by atoms with Crippen LogP contribution in [-0.4, -0.2) is 38.4 Å². The summed E-state index contributed by atoms with van der Waals surface area (Å²) in [6.45, 7) is 7.15. The van der Waals surface area contributed by atoms with Crippen LogP contribution in [0.2, 0.25) is 0 Å². The fourth-order valence-electron chi connectivity index (χ4n) is 3.69. The van der Waals surface area contributed by atoms with E-state index in [1.165, 1.54) is 0 Å². The lowest BCUT2D eigenvalue weighted by Gasteiger charge is -2.32. The second-order valence-corrected chi connectivity index (χ2v) is 9.75. The van der Waals surface area contributed by atoms with E-state index in [0.717, 1.165) is 35.2 Å². The minimum Gasteiger partial charge on any atom is -0.338 e. The summed E-state index contributed by atoms with van der Waals surface area (Å²) < 4.78 is 27.7. The zero-order chi connectivity index (χ0) is 21.0. The molecule has 29 heavy (non-hydrogen) atoms. The minimum absolute atomic E-state index is 0.0908. The van der Waals surface area contributed by atoms with Gasteiger partial charge >= 0.3 is 6.03 Å². The third-order valence-electron chi connectivity index (χ3n) is 5.29. The highest BCUT2D eigenvalue weighted by atomic mass is 32.2. The number of anilines is 1. The first-order valence-corrected chi connectivity index (χ1v) is 11.4. The van der Waals surface area contributed by atoms with Gasteiger partial charge in [0.15, 0.2) is 0 Å². The van der Waals surface area contributed by atoms with Crippen molar-refractivity contribution in [1.82, 2.24) is 9.62 Å². The Kier molecular flexibility index (Phi) is 6.59. The van der Waals surface area contributed by atoms with Crippen LogP contribution in [-0.2, 0) is 10.0 Å². The molecule has 2 N–H and O–H groups in total. The molecule has 0 aromatic heterocycles. The van der Waals surface area contributed by atoms with Crippen molar-refractivity contribution in [2.24, 2.45) is 5.92 Å². The van der Waals surface area contributed by atoms with Gasteiger partial charge in [0, 0.05) is 25.3 Å². The number of nitrogens with zero attached hydrogens (tertiary/aromatic N) is 1. The van der Waals surface area contributed by atoms with Crippen LogP contribution in [0.1, 0.15) is 29.5 Å². The van der Waals surface area contributed by atoms with Gasteiger partial charge in [-0.3, -0.25) is 0 Å². The highest BCUT2D eigenvalue weighted by Crippen LogP contribution is 2.26. The molecule has 2 aromatic carbocycles. The average molecular weight is 416 g/mol. The molecule has 1 aliphatic heterocycles. The number of benzene rings is 2. The normalized spacial score (nSPS) is 17.7. The van der Waals surface area contributed by atoms with Crippen LogP contribution in [0.5, 0.6) is 0 Å². The number of nitrogens with one attached hydrogen (secondary N) is 2. The standard InChI is InChI=1S/C22H29N3O3S/c1-16-6-9-20(10-7-16)24-22(26)23-14-19-5-4-12-25(15-19)29(27,28)21-11-8-17(2)13-18(21)3/h6-11,13,19H,4-5,12,14-15H2,1-3H3,(H2,23,24,26). The molecule has 0 bridgehead atoms. The lowest BCUT2D eigenvalue weighted by Crippen LogP contribution is -2.44. The third kappa shape index (κ3) is 5.36. The molecule has 1 fully saturated rings. The molecule has 3 rings (SSSR count). The zero-order valence-electron chi connectivity index (χ0n) is 17.2. The van der Waals surface area contributed by atoms with Crippen LogP contribution in [0.25, 0.3) is 0 Å². The van der Waals surface area contributed by atoms with E-state index in [4.69, 9.17) is 0 Å². The highest BCUT2D eigenvalue weighted by Gasteiger charge is 2.31. The number of sulfonamides is 1. The van der Waals surface area contributed by atoms with Gasteiger partial charge in [-0.2, -0.15) is 4.31 Å². The summed E-state index contributed by atoms with van der Waals surface area (Å²) in [5, 5.41) is 5.68. The van der Waals surface area contributed by atoms with Crippen molar-refractivity contribution in [3.63, 3.8) is 0 Å². The Morgan fingerprint density at radius 1 is 1.07 bits per heavy atom. The molecular weight excluding hydrogens is 386 g/mol. The predicted molar refractivity (Wildman–Crippen MR) is 116 cm³/mol. The molecular formula is C22H29N3O3S. The van der Waals surface area contributed by atoms with E-state index in [2.05, 4.69) is 10.6 Å². The van der Waals surface area contributed by atoms with Crippen LogP contribution in [0.3, 0.4) is 0 Å². The summed E-state index contributed by atoms with van der Waals surface area (Å²) >= 11 is 0. The van der Waals surface area contributed by atoms with Crippen molar-refractivity contribution in [3.8, 4) is 0 Å². The van der Waals surface area contributed by atoms with E-state index >= 15 is 0 Å². The maximum Gasteiger partial charge on any atom is 0.319 e. The first kappa shape index (κ1) is 21.3. The Balaban J connectivity index is 1.58. The Morgan fingerprint density at radius 2 is 1.76 bits per heavy atom. The molecule has 1 aliphatic rings. The zero-order valence-corrected chi connectivity index (χ0v) is 18.1. The van der Waals surface area contributed by atoms with Crippen molar-refractivity contribution in [2.75, 3.05) is 25.0 Å². The van der Waals surface area contributed by atoms with Crippen molar-refractivity contribution < 1.29 is 13.2 Å². The first-order chi connectivity index (χ1) is 13.8. The number of carbonyl (C=O) groups is 1. The van der Waals surface area contributed by atoms with Gasteiger partial charge in [0.25, 0.3) is 0 Å². The van der Waals surface area contributed by atoms with E-state index in [1.807, 2.05) is 57.2 Å². The molecule has 156 valence electrons. The molecule has 0 saturated carbocycles. The van der Waals surface area contributed by atoms with E-state index in [9.17, 15) is 13.2 Å². The van der Waals surface area contributed by atoms with Crippen LogP contribution >= 0.6 is 0 Å². The molecule has 0 spiro atoms. The van der Waals surface area contributed by atoms with Gasteiger partial charge in [0.05, 0.1) is 4.90 Å². The van der Waals surface area contributed by atoms with Gasteiger partial charge in [0.1, 0.15) is 0 Å². The SMILES string of the molecule is Cc1ccc(NC(=O)NCC2CCCN(S(=O)(=O)c3ccc(C)cc3C)C2)cc1. The molecule has 1 saturated heterocycles. The van der Waals surface area contributed by atoms with Gasteiger partial charge in [0.2, 0.25) is 10.0 Å². The molecule has 0 aliphatic carbocycles. The summed E-state index contributed by atoms with van der Waals surface area (Å²) in [5.74, 6) is 0.0908. The van der Waals surface area contributed by atoms with Gasteiger partial charge in [-0.1, -0.05) is 35.4 Å². The molecule has 2 aromatic rings. The minimum atomic E-state index is -3.53. The predicted octanol–water partition coefficient (Wildman–Crippen LogP) is 3.83. The third-order valence-corrected chi connectivity index (χ3v) is 7.32. The molecule has 6 nitrogen and oxygen atoms in total. The van der Waals surface area contributed by atoms with Crippen LogP contribution < -0.4 is 10.6 Å². The Morgan fingerprint density at radius 3 is 2.45 bits per heavy atom. The summed E-state index contributed by atoms with van der Waals surface area (Å²) in [6.07, 6.45) is 1.68. The number of amides is 2. The van der Waals surface area contributed by atoms with Crippen molar-refractivity contribution in [3.05, 3.63) is 59.2 Å². The van der Waals surface area contributed by atoms with Crippen molar-refractivity contribution >= 4 is 21.7 Å². The van der Waals surface area contributed by atoms with Gasteiger partial charge in [-0.25, -0.2) is 13.2 Å². The first-order valence-electron chi connectivity index (χ1n) is 9.94.